The second kappa shape index (κ2) is 8.47. The topological polar surface area (TPSA) is 67.9 Å². The van der Waals surface area contributed by atoms with E-state index in [0.717, 1.165) is 5.75 Å². The zero-order valence-corrected chi connectivity index (χ0v) is 17.1. The number of benzene rings is 2. The van der Waals surface area contributed by atoms with E-state index < -0.39 is 15.8 Å². The number of hydrogen-bond donors (Lipinski definition) is 1. The van der Waals surface area contributed by atoms with Gasteiger partial charge in [-0.3, -0.25) is 9.59 Å². The Kier molecular flexibility index (Phi) is 6.23. The van der Waals surface area contributed by atoms with Gasteiger partial charge in [-0.25, -0.2) is 0 Å². The lowest BCUT2D eigenvalue weighted by atomic mass is 10.1. The molecule has 0 radical (unpaired) electrons. The number of fused-ring (bicyclic) bond motifs is 1. The summed E-state index contributed by atoms with van der Waals surface area (Å²) in [7, 11) is 0. The molecule has 3 rings (SSSR count). The summed E-state index contributed by atoms with van der Waals surface area (Å²) in [5, 5.41) is 2.49. The van der Waals surface area contributed by atoms with E-state index in [4.69, 9.17) is 44.3 Å². The molecule has 148 valence electrons. The summed E-state index contributed by atoms with van der Waals surface area (Å²) in [5.41, 5.74) is 0.962. The van der Waals surface area contributed by atoms with Crippen LogP contribution in [-0.2, 0) is 9.59 Å². The van der Waals surface area contributed by atoms with Crippen molar-refractivity contribution in [2.45, 2.75) is 16.8 Å². The summed E-state index contributed by atoms with van der Waals surface area (Å²) in [6.45, 7) is 2.31. The lowest BCUT2D eigenvalue weighted by Gasteiger charge is -2.33. The molecule has 1 aliphatic rings. The average Bonchev–Trinajstić information content (AvgIpc) is 2.65. The van der Waals surface area contributed by atoms with Crippen molar-refractivity contribution >= 4 is 58.0 Å². The molecule has 0 aliphatic carbocycles. The van der Waals surface area contributed by atoms with Crippen molar-refractivity contribution in [2.75, 3.05) is 23.4 Å². The van der Waals surface area contributed by atoms with Gasteiger partial charge < -0.3 is 19.7 Å². The Balaban J connectivity index is 1.74. The summed E-state index contributed by atoms with van der Waals surface area (Å²) >= 11 is 16.7. The van der Waals surface area contributed by atoms with Crippen LogP contribution in [0.15, 0.2) is 48.5 Å². The number of carbonyl (C=O) groups is 2. The van der Waals surface area contributed by atoms with Crippen LogP contribution in [0, 0.1) is 0 Å². The minimum absolute atomic E-state index is 0.178. The highest BCUT2D eigenvalue weighted by Crippen LogP contribution is 2.37. The molecular formula is C19H17Cl3N2O4. The summed E-state index contributed by atoms with van der Waals surface area (Å²) in [6, 6.07) is 14.2. The first-order chi connectivity index (χ1) is 13.3. The van der Waals surface area contributed by atoms with Crippen LogP contribution in [0.4, 0.5) is 11.4 Å². The Hall–Kier alpha value is -2.15. The number of hydrogen-bond acceptors (Lipinski definition) is 4. The molecule has 6 nitrogen and oxygen atoms in total. The minimum Gasteiger partial charge on any atom is -0.492 e. The third-order valence-corrected chi connectivity index (χ3v) is 4.53. The number of nitrogens with zero attached hydrogens (tertiary/aromatic N) is 1. The predicted octanol–water partition coefficient (Wildman–Crippen LogP) is 4.19. The second-order valence-corrected chi connectivity index (χ2v) is 8.33. The highest BCUT2D eigenvalue weighted by molar-refractivity contribution is 6.76. The normalized spacial score (nSPS) is 16.2. The molecule has 9 heteroatoms. The van der Waals surface area contributed by atoms with Crippen molar-refractivity contribution in [1.82, 2.24) is 0 Å². The van der Waals surface area contributed by atoms with Gasteiger partial charge in [0.2, 0.25) is 0 Å². The Morgan fingerprint density at radius 1 is 1.21 bits per heavy atom. The second-order valence-electron chi connectivity index (χ2n) is 6.05. The van der Waals surface area contributed by atoms with Crippen LogP contribution in [0.5, 0.6) is 11.5 Å². The maximum atomic E-state index is 12.5. The quantitative estimate of drug-likeness (QED) is 0.704. The SMILES string of the molecule is CC1Oc2cc(NC(=O)C(Cl)(Cl)Cl)ccc2N(CCOc2ccccc2)C1=O. The number of alkyl halides is 3. The molecule has 1 atom stereocenters. The van der Waals surface area contributed by atoms with Gasteiger partial charge in [-0.1, -0.05) is 53.0 Å². The third kappa shape index (κ3) is 4.82. The molecule has 1 N–H and O–H groups in total. The zero-order valence-electron chi connectivity index (χ0n) is 14.8. The minimum atomic E-state index is -2.08. The lowest BCUT2D eigenvalue weighted by molar-refractivity contribution is -0.125. The number of para-hydroxylation sites is 1. The van der Waals surface area contributed by atoms with Gasteiger partial charge in [-0.15, -0.1) is 0 Å². The average molecular weight is 444 g/mol. The Morgan fingerprint density at radius 3 is 2.61 bits per heavy atom. The summed E-state index contributed by atoms with van der Waals surface area (Å²) in [4.78, 5) is 26.0. The molecule has 2 amide bonds. The van der Waals surface area contributed by atoms with E-state index in [1.807, 2.05) is 30.3 Å². The van der Waals surface area contributed by atoms with Gasteiger partial charge in [0, 0.05) is 11.8 Å². The maximum Gasteiger partial charge on any atom is 0.276 e. The lowest BCUT2D eigenvalue weighted by Crippen LogP contribution is -2.46. The molecule has 0 saturated carbocycles. The Labute approximate surface area is 177 Å². The molecule has 28 heavy (non-hydrogen) atoms. The molecule has 2 aromatic rings. The van der Waals surface area contributed by atoms with E-state index >= 15 is 0 Å². The smallest absolute Gasteiger partial charge is 0.276 e. The molecule has 2 aromatic carbocycles. The van der Waals surface area contributed by atoms with Crippen molar-refractivity contribution in [2.24, 2.45) is 0 Å². The number of carbonyl (C=O) groups excluding carboxylic acids is 2. The van der Waals surface area contributed by atoms with E-state index in [1.165, 1.54) is 0 Å². The summed E-state index contributed by atoms with van der Waals surface area (Å²) in [6.07, 6.45) is -0.677. The van der Waals surface area contributed by atoms with E-state index in [9.17, 15) is 9.59 Å². The molecular weight excluding hydrogens is 427 g/mol. The largest absolute Gasteiger partial charge is 0.492 e. The van der Waals surface area contributed by atoms with Gasteiger partial charge in [-0.05, 0) is 31.2 Å². The molecule has 1 heterocycles. The molecule has 0 aromatic heterocycles. The summed E-state index contributed by atoms with van der Waals surface area (Å²) in [5.74, 6) is 0.197. The van der Waals surface area contributed by atoms with Crippen molar-refractivity contribution in [3.05, 3.63) is 48.5 Å². The van der Waals surface area contributed by atoms with Crippen LogP contribution in [-0.4, -0.2) is 34.9 Å². The van der Waals surface area contributed by atoms with Gasteiger partial charge in [0.1, 0.15) is 18.1 Å². The van der Waals surface area contributed by atoms with Crippen LogP contribution in [0.25, 0.3) is 0 Å². The number of anilines is 2. The van der Waals surface area contributed by atoms with E-state index in [0.29, 0.717) is 30.3 Å². The number of amides is 2. The monoisotopic (exact) mass is 442 g/mol. The molecule has 0 bridgehead atoms. The Morgan fingerprint density at radius 2 is 1.93 bits per heavy atom. The van der Waals surface area contributed by atoms with Crippen molar-refractivity contribution < 1.29 is 19.1 Å². The first-order valence-electron chi connectivity index (χ1n) is 8.44. The van der Waals surface area contributed by atoms with Crippen LogP contribution in [0.3, 0.4) is 0 Å². The fourth-order valence-corrected chi connectivity index (χ4v) is 2.83. The van der Waals surface area contributed by atoms with E-state index in [-0.39, 0.29) is 5.91 Å². The fourth-order valence-electron chi connectivity index (χ4n) is 2.69. The predicted molar refractivity (Wildman–Crippen MR) is 110 cm³/mol. The number of rotatable bonds is 5. The molecule has 1 aliphatic heterocycles. The molecule has 0 spiro atoms. The standard InChI is InChI=1S/C19H17Cl3N2O4/c1-12-17(25)24(9-10-27-14-5-3-2-4-6-14)15-8-7-13(11-16(15)28-12)23-18(26)19(20,21)22/h2-8,11-12H,9-10H2,1H3,(H,23,26). The zero-order chi connectivity index (χ0) is 20.3. The molecule has 0 fully saturated rings. The van der Waals surface area contributed by atoms with Gasteiger partial charge in [0.25, 0.3) is 15.6 Å². The molecule has 1 unspecified atom stereocenters. The third-order valence-electron chi connectivity index (χ3n) is 4.01. The van der Waals surface area contributed by atoms with Gasteiger partial charge in [0.15, 0.2) is 6.10 Å². The highest BCUT2D eigenvalue weighted by Gasteiger charge is 2.33. The highest BCUT2D eigenvalue weighted by atomic mass is 35.6. The van der Waals surface area contributed by atoms with Gasteiger partial charge >= 0.3 is 0 Å². The first kappa shape index (κ1) is 20.6. The number of ether oxygens (including phenoxy) is 2. The van der Waals surface area contributed by atoms with E-state index in [2.05, 4.69) is 5.32 Å². The van der Waals surface area contributed by atoms with Gasteiger partial charge in [0.05, 0.1) is 12.2 Å². The number of nitrogens with one attached hydrogen (secondary N) is 1. The van der Waals surface area contributed by atoms with Crippen molar-refractivity contribution in [3.8, 4) is 11.5 Å². The number of halogens is 3. The van der Waals surface area contributed by atoms with Crippen LogP contribution in [0.2, 0.25) is 0 Å². The Bertz CT molecular complexity index is 871. The summed E-state index contributed by atoms with van der Waals surface area (Å²) < 4.78 is 9.27. The fraction of sp³-hybridized carbons (Fsp3) is 0.263. The molecule has 0 saturated heterocycles. The van der Waals surface area contributed by atoms with Crippen molar-refractivity contribution in [3.63, 3.8) is 0 Å². The first-order valence-corrected chi connectivity index (χ1v) is 9.57. The van der Waals surface area contributed by atoms with Crippen LogP contribution < -0.4 is 19.7 Å². The van der Waals surface area contributed by atoms with Crippen molar-refractivity contribution in [1.29, 1.82) is 0 Å². The van der Waals surface area contributed by atoms with E-state index in [1.54, 1.807) is 30.0 Å². The van der Waals surface area contributed by atoms with Gasteiger partial charge in [-0.2, -0.15) is 0 Å². The van der Waals surface area contributed by atoms with Crippen LogP contribution in [0.1, 0.15) is 6.92 Å². The van der Waals surface area contributed by atoms with Crippen LogP contribution >= 0.6 is 34.8 Å². The maximum absolute atomic E-state index is 12.5.